The van der Waals surface area contributed by atoms with Gasteiger partial charge in [-0.15, -0.1) is 0 Å². The van der Waals surface area contributed by atoms with Crippen LogP contribution in [0.2, 0.25) is 0 Å². The summed E-state index contributed by atoms with van der Waals surface area (Å²) < 4.78 is 5.90. The number of hydrogen-bond donors (Lipinski definition) is 3. The monoisotopic (exact) mass is 483 g/mol. The lowest BCUT2D eigenvalue weighted by atomic mass is 10.1. The van der Waals surface area contributed by atoms with Gasteiger partial charge in [0.2, 0.25) is 0 Å². The van der Waals surface area contributed by atoms with Gasteiger partial charge in [-0.2, -0.15) is 0 Å². The molecule has 0 aliphatic carbocycles. The van der Waals surface area contributed by atoms with Gasteiger partial charge in [0.1, 0.15) is 12.4 Å². The van der Waals surface area contributed by atoms with Crippen LogP contribution in [0, 0.1) is 10.1 Å². The number of para-hydroxylation sites is 1. The van der Waals surface area contributed by atoms with E-state index in [1.807, 2.05) is 60.7 Å². The van der Waals surface area contributed by atoms with E-state index in [9.17, 15) is 24.8 Å². The zero-order valence-electron chi connectivity index (χ0n) is 18.9. The fourth-order valence-corrected chi connectivity index (χ4v) is 3.45. The van der Waals surface area contributed by atoms with E-state index in [1.54, 1.807) is 18.2 Å². The summed E-state index contributed by atoms with van der Waals surface area (Å²) in [6.07, 6.45) is 0. The van der Waals surface area contributed by atoms with E-state index in [-0.39, 0.29) is 11.3 Å². The van der Waals surface area contributed by atoms with E-state index in [0.717, 1.165) is 23.4 Å². The van der Waals surface area contributed by atoms with Crippen molar-refractivity contribution >= 4 is 34.6 Å². The van der Waals surface area contributed by atoms with Crippen molar-refractivity contribution in [3.05, 3.63) is 124 Å². The number of rotatable bonds is 9. The molecule has 0 radical (unpaired) electrons. The molecular formula is C27H21N3O6. The third-order valence-corrected chi connectivity index (χ3v) is 5.23. The Balaban J connectivity index is 1.63. The summed E-state index contributed by atoms with van der Waals surface area (Å²) in [5.74, 6) is -1.48. The lowest BCUT2D eigenvalue weighted by Gasteiger charge is -2.15. The lowest BCUT2D eigenvalue weighted by Crippen LogP contribution is -2.16. The number of carboxylic acids is 1. The Morgan fingerprint density at radius 3 is 2.19 bits per heavy atom. The third kappa shape index (κ3) is 5.84. The Bertz CT molecular complexity index is 1410. The van der Waals surface area contributed by atoms with Gasteiger partial charge in [-0.25, -0.2) is 4.79 Å². The number of benzene rings is 4. The molecule has 0 atom stereocenters. The smallest absolute Gasteiger partial charge is 0.338 e. The van der Waals surface area contributed by atoms with E-state index in [4.69, 9.17) is 4.74 Å². The molecule has 0 spiro atoms. The van der Waals surface area contributed by atoms with Crippen LogP contribution in [0.3, 0.4) is 0 Å². The first kappa shape index (κ1) is 24.0. The quantitative estimate of drug-likeness (QED) is 0.200. The first-order valence-corrected chi connectivity index (χ1v) is 10.9. The Morgan fingerprint density at radius 1 is 0.833 bits per heavy atom. The fourth-order valence-electron chi connectivity index (χ4n) is 3.45. The summed E-state index contributed by atoms with van der Waals surface area (Å²) in [6.45, 7) is 0.335. The number of nitro groups is 1. The number of hydrogen-bond acceptors (Lipinski definition) is 6. The highest BCUT2D eigenvalue weighted by molar-refractivity contribution is 6.11. The van der Waals surface area contributed by atoms with Crippen LogP contribution in [-0.2, 0) is 6.61 Å². The van der Waals surface area contributed by atoms with Gasteiger partial charge >= 0.3 is 5.97 Å². The van der Waals surface area contributed by atoms with Crippen molar-refractivity contribution in [1.29, 1.82) is 0 Å². The fraction of sp³-hybridized carbons (Fsp3) is 0.0370. The molecule has 0 aliphatic heterocycles. The van der Waals surface area contributed by atoms with Gasteiger partial charge in [0.15, 0.2) is 0 Å². The van der Waals surface area contributed by atoms with E-state index in [1.165, 1.54) is 6.07 Å². The Hall–Kier alpha value is -5.18. The lowest BCUT2D eigenvalue weighted by molar-refractivity contribution is -0.384. The van der Waals surface area contributed by atoms with Gasteiger partial charge in [-0.3, -0.25) is 14.9 Å². The molecule has 0 saturated heterocycles. The van der Waals surface area contributed by atoms with Crippen LogP contribution in [0.4, 0.5) is 22.7 Å². The molecule has 36 heavy (non-hydrogen) atoms. The molecule has 0 heterocycles. The molecule has 1 amide bonds. The van der Waals surface area contributed by atoms with Crippen LogP contribution in [0.15, 0.2) is 97.1 Å². The minimum atomic E-state index is -1.40. The molecule has 0 saturated carbocycles. The van der Waals surface area contributed by atoms with Crippen molar-refractivity contribution < 1.29 is 24.4 Å². The summed E-state index contributed by atoms with van der Waals surface area (Å²) in [5, 5.41) is 26.3. The number of carboxylic acid groups (broad SMARTS) is 1. The predicted molar refractivity (Wildman–Crippen MR) is 135 cm³/mol. The molecule has 3 N–H and O–H groups in total. The van der Waals surface area contributed by atoms with Crippen molar-refractivity contribution in [3.8, 4) is 5.75 Å². The molecule has 0 bridgehead atoms. The van der Waals surface area contributed by atoms with Crippen molar-refractivity contribution in [3.63, 3.8) is 0 Å². The van der Waals surface area contributed by atoms with Crippen LogP contribution in [0.25, 0.3) is 0 Å². The summed E-state index contributed by atoms with van der Waals surface area (Å²) in [6, 6.07) is 26.9. The Morgan fingerprint density at radius 2 is 1.53 bits per heavy atom. The Kier molecular flexibility index (Phi) is 7.21. The molecule has 0 aromatic heterocycles. The summed E-state index contributed by atoms with van der Waals surface area (Å²) in [7, 11) is 0. The van der Waals surface area contributed by atoms with Gasteiger partial charge in [-0.1, -0.05) is 48.5 Å². The first-order valence-electron chi connectivity index (χ1n) is 10.9. The first-order chi connectivity index (χ1) is 17.4. The SMILES string of the molecule is O=C(O)c1cc([N+](=O)[O-])ccc1NC(=O)c1ccc(OCc2ccccc2)cc1Nc1ccccc1. The molecule has 4 aromatic carbocycles. The second-order valence-electron chi connectivity index (χ2n) is 7.72. The highest BCUT2D eigenvalue weighted by atomic mass is 16.6. The zero-order chi connectivity index (χ0) is 25.5. The Labute approximate surface area is 206 Å². The van der Waals surface area contributed by atoms with Crippen molar-refractivity contribution in [1.82, 2.24) is 0 Å². The van der Waals surface area contributed by atoms with Crippen molar-refractivity contribution in [2.45, 2.75) is 6.61 Å². The van der Waals surface area contributed by atoms with Crippen molar-refractivity contribution in [2.75, 3.05) is 10.6 Å². The van der Waals surface area contributed by atoms with E-state index >= 15 is 0 Å². The zero-order valence-corrected chi connectivity index (χ0v) is 18.9. The maximum atomic E-state index is 13.2. The molecule has 0 fully saturated rings. The van der Waals surface area contributed by atoms with Gasteiger partial charge in [-0.05, 0) is 35.9 Å². The number of carbonyl (C=O) groups excluding carboxylic acids is 1. The number of nitro benzene ring substituents is 1. The second kappa shape index (κ2) is 10.8. The molecule has 180 valence electrons. The minimum absolute atomic E-state index is 0.0619. The molecule has 9 nitrogen and oxygen atoms in total. The average Bonchev–Trinajstić information content (AvgIpc) is 2.88. The van der Waals surface area contributed by atoms with Gasteiger partial charge in [0.25, 0.3) is 11.6 Å². The predicted octanol–water partition coefficient (Wildman–Crippen LogP) is 5.87. The van der Waals surface area contributed by atoms with E-state index in [0.29, 0.717) is 18.0 Å². The van der Waals surface area contributed by atoms with Crippen LogP contribution in [-0.4, -0.2) is 21.9 Å². The summed E-state index contributed by atoms with van der Waals surface area (Å²) >= 11 is 0. The van der Waals surface area contributed by atoms with Crippen molar-refractivity contribution in [2.24, 2.45) is 0 Å². The maximum absolute atomic E-state index is 13.2. The molecule has 4 aromatic rings. The molecule has 0 aliphatic rings. The normalized spacial score (nSPS) is 10.3. The number of non-ortho nitro benzene ring substituents is 1. The number of carbonyl (C=O) groups is 2. The second-order valence-corrected chi connectivity index (χ2v) is 7.72. The summed E-state index contributed by atoms with van der Waals surface area (Å²) in [4.78, 5) is 35.2. The number of amides is 1. The number of nitrogens with zero attached hydrogens (tertiary/aromatic N) is 1. The average molecular weight is 483 g/mol. The maximum Gasteiger partial charge on any atom is 0.338 e. The van der Waals surface area contributed by atoms with E-state index < -0.39 is 28.1 Å². The largest absolute Gasteiger partial charge is 0.489 e. The summed E-state index contributed by atoms with van der Waals surface area (Å²) in [5.41, 5.74) is 1.52. The van der Waals surface area contributed by atoms with Gasteiger partial charge in [0.05, 0.1) is 27.4 Å². The molecular weight excluding hydrogens is 462 g/mol. The molecule has 4 rings (SSSR count). The highest BCUT2D eigenvalue weighted by Gasteiger charge is 2.20. The number of nitrogens with one attached hydrogen (secondary N) is 2. The number of ether oxygens (including phenoxy) is 1. The number of anilines is 3. The van der Waals surface area contributed by atoms with Gasteiger partial charge in [0, 0.05) is 23.9 Å². The van der Waals surface area contributed by atoms with Crippen LogP contribution >= 0.6 is 0 Å². The topological polar surface area (TPSA) is 131 Å². The van der Waals surface area contributed by atoms with Crippen LogP contribution in [0.1, 0.15) is 26.3 Å². The van der Waals surface area contributed by atoms with Crippen LogP contribution in [0.5, 0.6) is 5.75 Å². The third-order valence-electron chi connectivity index (χ3n) is 5.23. The highest BCUT2D eigenvalue weighted by Crippen LogP contribution is 2.29. The molecule has 0 unspecified atom stereocenters. The standard InChI is InChI=1S/C27H21N3O6/c31-26(29-24-14-11-20(30(34)35)15-23(24)27(32)33)22-13-12-21(36-17-18-7-3-1-4-8-18)16-25(22)28-19-9-5-2-6-10-19/h1-16,28H,17H2,(H,29,31)(H,32,33). The number of aromatic carboxylic acids is 1. The molecule has 9 heteroatoms. The van der Waals surface area contributed by atoms with Gasteiger partial charge < -0.3 is 20.5 Å². The van der Waals surface area contributed by atoms with E-state index in [2.05, 4.69) is 10.6 Å². The minimum Gasteiger partial charge on any atom is -0.489 e. The van der Waals surface area contributed by atoms with Crippen LogP contribution < -0.4 is 15.4 Å².